The molecule has 5 aromatic rings. The van der Waals surface area contributed by atoms with Crippen LogP contribution in [0.1, 0.15) is 38.5 Å². The molecule has 0 saturated heterocycles. The van der Waals surface area contributed by atoms with Crippen LogP contribution in [0.15, 0.2) is 42.5 Å². The second-order valence-electron chi connectivity index (χ2n) is 10.7. The predicted octanol–water partition coefficient (Wildman–Crippen LogP) is 6.05. The molecule has 2 N–H and O–H groups in total. The second-order valence-corrected chi connectivity index (χ2v) is 12.8. The van der Waals surface area contributed by atoms with Crippen LogP contribution in [-0.4, -0.2) is 69.9 Å². The molecule has 4 heterocycles. The van der Waals surface area contributed by atoms with Crippen molar-refractivity contribution < 1.29 is 19.0 Å². The maximum absolute atomic E-state index is 14.5. The fourth-order valence-corrected chi connectivity index (χ4v) is 6.91. The lowest BCUT2D eigenvalue weighted by Crippen LogP contribution is -2.15. The van der Waals surface area contributed by atoms with E-state index in [9.17, 15) is 14.3 Å². The van der Waals surface area contributed by atoms with Gasteiger partial charge in [-0.3, -0.25) is 4.90 Å². The van der Waals surface area contributed by atoms with Crippen molar-refractivity contribution >= 4 is 60.8 Å². The van der Waals surface area contributed by atoms with Gasteiger partial charge in [-0.1, -0.05) is 35.3 Å². The number of carboxylic acid groups (broad SMARTS) is 1. The molecule has 1 aliphatic heterocycles. The average Bonchev–Trinajstić information content (AvgIpc) is 3.74. The second kappa shape index (κ2) is 13.2. The minimum Gasteiger partial charge on any atom is -0.491 e. The number of rotatable bonds is 10. The number of benzene rings is 2. The number of halogens is 1. The summed E-state index contributed by atoms with van der Waals surface area (Å²) in [4.78, 5) is 25.6. The molecular weight excluding hydrogens is 614 g/mol. The minimum absolute atomic E-state index is 0.00841. The summed E-state index contributed by atoms with van der Waals surface area (Å²) in [6, 6.07) is 12.6. The van der Waals surface area contributed by atoms with Crippen LogP contribution in [0.5, 0.6) is 5.75 Å². The van der Waals surface area contributed by atoms with Crippen molar-refractivity contribution in [2.45, 2.75) is 26.2 Å². The number of thiazole rings is 2. The molecule has 3 aromatic heterocycles. The Kier molecular flexibility index (Phi) is 8.88. The molecular formula is C32H30FN7O3S2. The van der Waals surface area contributed by atoms with E-state index in [2.05, 4.69) is 37.3 Å². The normalized spacial score (nSPS) is 12.3. The van der Waals surface area contributed by atoms with Gasteiger partial charge in [-0.15, -0.1) is 21.5 Å². The Morgan fingerprint density at radius 1 is 1.18 bits per heavy atom. The zero-order valence-electron chi connectivity index (χ0n) is 24.9. The van der Waals surface area contributed by atoms with Gasteiger partial charge in [0.25, 0.3) is 0 Å². The summed E-state index contributed by atoms with van der Waals surface area (Å²) < 4.78 is 21.3. The third kappa shape index (κ3) is 6.73. The Morgan fingerprint density at radius 3 is 2.80 bits per heavy atom. The van der Waals surface area contributed by atoms with E-state index in [0.717, 1.165) is 32.9 Å². The Labute approximate surface area is 267 Å². The van der Waals surface area contributed by atoms with Crippen molar-refractivity contribution in [2.24, 2.45) is 0 Å². The van der Waals surface area contributed by atoms with Gasteiger partial charge in [-0.25, -0.2) is 19.2 Å². The standard InChI is InChI=1S/C32H30FN7O3S2/c1-19-21-14-16-40(29(21)38-37-28(19)36-31-34-23-9-4-5-10-25(23)44-31)32-35-27(30(41)42)26(45-32)11-7-17-43-24-13-12-20(18-22(24)33)8-6-15-39(2)3/h4-5,9-10,12-13,18H,7,11,14-17H2,1-3H3,(H,41,42)(H,34,36,37). The lowest BCUT2D eigenvalue weighted by molar-refractivity contribution is 0.0690. The van der Waals surface area contributed by atoms with E-state index in [1.165, 1.54) is 17.4 Å². The highest BCUT2D eigenvalue weighted by Crippen LogP contribution is 2.40. The smallest absolute Gasteiger partial charge is 0.355 e. The van der Waals surface area contributed by atoms with Crippen LogP contribution in [0.4, 0.5) is 26.3 Å². The molecule has 0 bridgehead atoms. The van der Waals surface area contributed by atoms with Crippen LogP contribution < -0.4 is 15.0 Å². The number of aromatic nitrogens is 4. The maximum atomic E-state index is 14.5. The van der Waals surface area contributed by atoms with E-state index >= 15 is 0 Å². The SMILES string of the molecule is Cc1c(Nc2nc3ccccc3s2)nnc2c1CCN2c1nc(C(=O)O)c(CCCOc2ccc(C#CCN(C)C)cc2F)s1. The third-order valence-corrected chi connectivity index (χ3v) is 9.26. The topological polar surface area (TPSA) is 117 Å². The number of aromatic carboxylic acids is 1. The Balaban J connectivity index is 1.11. The molecule has 0 saturated carbocycles. The first-order chi connectivity index (χ1) is 21.8. The first-order valence-electron chi connectivity index (χ1n) is 14.3. The van der Waals surface area contributed by atoms with Crippen LogP contribution in [0.2, 0.25) is 0 Å². The lowest BCUT2D eigenvalue weighted by atomic mass is 10.1. The number of carboxylic acids is 1. The molecule has 0 aliphatic carbocycles. The van der Waals surface area contributed by atoms with Crippen molar-refractivity contribution in [3.8, 4) is 17.6 Å². The zero-order chi connectivity index (χ0) is 31.5. The fourth-order valence-electron chi connectivity index (χ4n) is 4.92. The highest BCUT2D eigenvalue weighted by atomic mass is 32.1. The Hall–Kier alpha value is -4.64. The van der Waals surface area contributed by atoms with Crippen LogP contribution in [0, 0.1) is 24.6 Å². The number of aryl methyl sites for hydroxylation is 1. The number of para-hydroxylation sites is 1. The number of nitrogens with zero attached hydrogens (tertiary/aromatic N) is 6. The molecule has 0 fully saturated rings. The summed E-state index contributed by atoms with van der Waals surface area (Å²) in [5.74, 6) is 5.79. The molecule has 45 heavy (non-hydrogen) atoms. The van der Waals surface area contributed by atoms with E-state index in [1.54, 1.807) is 23.5 Å². The van der Waals surface area contributed by atoms with E-state index < -0.39 is 11.8 Å². The number of anilines is 4. The fraction of sp³-hybridized carbons (Fsp3) is 0.281. The molecule has 0 unspecified atom stereocenters. The van der Waals surface area contributed by atoms with Gasteiger partial charge < -0.3 is 20.1 Å². The molecule has 0 atom stereocenters. The Bertz CT molecular complexity index is 1910. The molecule has 6 rings (SSSR count). The maximum Gasteiger partial charge on any atom is 0.355 e. The van der Waals surface area contributed by atoms with Crippen molar-refractivity contribution in [1.29, 1.82) is 0 Å². The molecule has 0 amide bonds. The van der Waals surface area contributed by atoms with Crippen LogP contribution in [0.3, 0.4) is 0 Å². The molecule has 1 aliphatic rings. The summed E-state index contributed by atoms with van der Waals surface area (Å²) >= 11 is 2.87. The first-order valence-corrected chi connectivity index (χ1v) is 16.0. The van der Waals surface area contributed by atoms with Gasteiger partial charge in [0.2, 0.25) is 0 Å². The van der Waals surface area contributed by atoms with Crippen LogP contribution >= 0.6 is 22.7 Å². The summed E-state index contributed by atoms with van der Waals surface area (Å²) in [7, 11) is 3.83. The molecule has 13 heteroatoms. The van der Waals surface area contributed by atoms with Gasteiger partial charge in [-0.2, -0.15) is 0 Å². The van der Waals surface area contributed by atoms with E-state index in [4.69, 9.17) is 4.74 Å². The summed E-state index contributed by atoms with van der Waals surface area (Å²) in [6.07, 6.45) is 1.63. The predicted molar refractivity (Wildman–Crippen MR) is 175 cm³/mol. The zero-order valence-corrected chi connectivity index (χ0v) is 26.6. The third-order valence-electron chi connectivity index (χ3n) is 7.17. The molecule has 230 valence electrons. The molecule has 10 nitrogen and oxygen atoms in total. The number of hydrogen-bond donors (Lipinski definition) is 2. The largest absolute Gasteiger partial charge is 0.491 e. The lowest BCUT2D eigenvalue weighted by Gasteiger charge is -2.15. The summed E-state index contributed by atoms with van der Waals surface area (Å²) in [6.45, 7) is 3.41. The van der Waals surface area contributed by atoms with Gasteiger partial charge >= 0.3 is 5.97 Å². The van der Waals surface area contributed by atoms with Gasteiger partial charge in [0.1, 0.15) is 0 Å². The minimum atomic E-state index is -1.09. The number of hydrogen-bond acceptors (Lipinski definition) is 11. The monoisotopic (exact) mass is 643 g/mol. The number of fused-ring (bicyclic) bond motifs is 2. The van der Waals surface area contributed by atoms with Crippen molar-refractivity contribution in [3.05, 3.63) is 75.5 Å². The average molecular weight is 644 g/mol. The molecule has 0 spiro atoms. The van der Waals surface area contributed by atoms with Crippen molar-refractivity contribution in [1.82, 2.24) is 25.1 Å². The highest BCUT2D eigenvalue weighted by Gasteiger charge is 2.30. The van der Waals surface area contributed by atoms with E-state index in [-0.39, 0.29) is 18.1 Å². The Morgan fingerprint density at radius 2 is 2.02 bits per heavy atom. The quantitative estimate of drug-likeness (QED) is 0.138. The number of carbonyl (C=O) groups is 1. The number of ether oxygens (including phenoxy) is 1. The van der Waals surface area contributed by atoms with Crippen molar-refractivity contribution in [2.75, 3.05) is 44.0 Å². The van der Waals surface area contributed by atoms with Gasteiger partial charge in [-0.05, 0) is 70.6 Å². The van der Waals surface area contributed by atoms with E-state index in [0.29, 0.717) is 53.1 Å². The first kappa shape index (κ1) is 30.4. The van der Waals surface area contributed by atoms with Gasteiger partial charge in [0, 0.05) is 28.1 Å². The summed E-state index contributed by atoms with van der Waals surface area (Å²) in [5.41, 5.74) is 3.51. The highest BCUT2D eigenvalue weighted by molar-refractivity contribution is 7.22. The summed E-state index contributed by atoms with van der Waals surface area (Å²) in [5, 5.41) is 23.4. The number of nitrogens with one attached hydrogen (secondary N) is 1. The van der Waals surface area contributed by atoms with Crippen molar-refractivity contribution in [3.63, 3.8) is 0 Å². The van der Waals surface area contributed by atoms with Crippen LogP contribution in [-0.2, 0) is 12.8 Å². The van der Waals surface area contributed by atoms with Gasteiger partial charge in [0.05, 0.1) is 23.4 Å². The molecule has 0 radical (unpaired) electrons. The van der Waals surface area contributed by atoms with Gasteiger partial charge in [0.15, 0.2) is 39.2 Å². The molecule has 2 aromatic carbocycles. The van der Waals surface area contributed by atoms with Crippen LogP contribution in [0.25, 0.3) is 10.2 Å². The van der Waals surface area contributed by atoms with E-state index in [1.807, 2.05) is 55.1 Å².